The Morgan fingerprint density at radius 2 is 1.80 bits per heavy atom. The number of hydrogen-bond acceptors (Lipinski definition) is 9. The summed E-state index contributed by atoms with van der Waals surface area (Å²) in [5.41, 5.74) is 3.65. The Balaban J connectivity index is 1.53. The highest BCUT2D eigenvalue weighted by atomic mass is 32.1. The first-order valence-electron chi connectivity index (χ1n) is 14.8. The molecule has 1 fully saturated rings. The molecule has 6 rings (SSSR count). The average molecular weight is 615 g/mol. The number of anilines is 1. The molecule has 0 unspecified atom stereocenters. The molecule has 1 atom stereocenters. The number of benzene rings is 3. The van der Waals surface area contributed by atoms with Crippen molar-refractivity contribution in [1.29, 1.82) is 0 Å². The normalized spacial score (nSPS) is 17.4. The molecule has 228 valence electrons. The first-order chi connectivity index (χ1) is 21.3. The number of carbonyl (C=O) groups is 2. The van der Waals surface area contributed by atoms with Crippen molar-refractivity contribution in [1.82, 2.24) is 4.98 Å². The number of amides is 1. The summed E-state index contributed by atoms with van der Waals surface area (Å²) in [6.07, 6.45) is 1.87. The first kappa shape index (κ1) is 29.5. The smallest absolute Gasteiger partial charge is 0.301 e. The van der Waals surface area contributed by atoms with Crippen LogP contribution in [0.4, 0.5) is 5.13 Å². The predicted octanol–water partition coefficient (Wildman–Crippen LogP) is 6.89. The third kappa shape index (κ3) is 5.34. The van der Waals surface area contributed by atoms with Crippen LogP contribution in [0.1, 0.15) is 55.0 Å². The van der Waals surface area contributed by atoms with E-state index in [-0.39, 0.29) is 11.3 Å². The van der Waals surface area contributed by atoms with Crippen LogP contribution in [0.25, 0.3) is 16.0 Å². The zero-order chi connectivity index (χ0) is 31.0. The van der Waals surface area contributed by atoms with Gasteiger partial charge in [0.25, 0.3) is 5.78 Å². The molecule has 1 saturated heterocycles. The number of aryl methyl sites for hydroxylation is 2. The quantitative estimate of drug-likeness (QED) is 0.0940. The fourth-order valence-corrected chi connectivity index (χ4v) is 6.73. The van der Waals surface area contributed by atoms with E-state index in [2.05, 4.69) is 6.92 Å². The zero-order valence-electron chi connectivity index (χ0n) is 25.1. The lowest BCUT2D eigenvalue weighted by molar-refractivity contribution is -0.132. The van der Waals surface area contributed by atoms with E-state index in [0.717, 1.165) is 34.2 Å². The topological polar surface area (TPSA) is 107 Å². The van der Waals surface area contributed by atoms with Crippen LogP contribution >= 0.6 is 11.3 Å². The lowest BCUT2D eigenvalue weighted by Crippen LogP contribution is -2.29. The van der Waals surface area contributed by atoms with Crippen molar-refractivity contribution in [3.63, 3.8) is 0 Å². The molecule has 2 aliphatic heterocycles. The number of fused-ring (bicyclic) bond motifs is 2. The molecule has 9 nitrogen and oxygen atoms in total. The summed E-state index contributed by atoms with van der Waals surface area (Å²) in [4.78, 5) is 33.9. The summed E-state index contributed by atoms with van der Waals surface area (Å²) in [6, 6.07) is 13.4. The summed E-state index contributed by atoms with van der Waals surface area (Å²) in [5.74, 6) is 0.155. The van der Waals surface area contributed by atoms with Crippen molar-refractivity contribution in [3.05, 3.63) is 76.4 Å². The highest BCUT2D eigenvalue weighted by molar-refractivity contribution is 7.22. The number of thiazole rings is 1. The van der Waals surface area contributed by atoms with E-state index in [4.69, 9.17) is 23.9 Å². The average Bonchev–Trinajstić information content (AvgIpc) is 3.55. The van der Waals surface area contributed by atoms with Crippen LogP contribution in [0.5, 0.6) is 23.0 Å². The molecule has 0 bridgehead atoms. The first-order valence-corrected chi connectivity index (χ1v) is 15.6. The lowest BCUT2D eigenvalue weighted by atomic mass is 9.95. The van der Waals surface area contributed by atoms with Gasteiger partial charge < -0.3 is 24.1 Å². The van der Waals surface area contributed by atoms with Gasteiger partial charge in [0, 0.05) is 5.56 Å². The molecule has 1 aromatic heterocycles. The number of ketones is 1. The number of hydrogen-bond donors (Lipinski definition) is 1. The Morgan fingerprint density at radius 3 is 2.57 bits per heavy atom. The maximum absolute atomic E-state index is 13.8. The fraction of sp³-hybridized carbons (Fsp3) is 0.324. The van der Waals surface area contributed by atoms with Crippen LogP contribution in [-0.4, -0.2) is 48.2 Å². The van der Waals surface area contributed by atoms with Crippen LogP contribution < -0.4 is 23.8 Å². The number of aliphatic hydroxyl groups excluding tert-OH is 1. The molecule has 0 aliphatic carbocycles. The SMILES string of the molecule is CCCCOc1ccc([C@H]2/C(=C(\O)c3ccc4c(c3)OCCO4)C(=O)C(=O)N2c2nc3c(C)cc(C)cc3s2)cc1OCC. The third-order valence-corrected chi connectivity index (χ3v) is 8.63. The number of aliphatic hydroxyl groups is 1. The standard InChI is InChI=1S/C34H34N2O7S/c1-5-7-12-41-23-10-8-21(17-25(23)40-6-2)30-28(31(37)22-9-11-24-26(18-22)43-14-13-42-24)32(38)33(39)36(30)34-35-29-20(4)15-19(3)16-27(29)44-34/h8-11,15-18,30,37H,5-7,12-14H2,1-4H3/b31-28+/t30-/m0/s1. The van der Waals surface area contributed by atoms with Crippen LogP contribution in [0.15, 0.2) is 54.1 Å². The summed E-state index contributed by atoms with van der Waals surface area (Å²) in [5, 5.41) is 12.1. The molecule has 3 heterocycles. The van der Waals surface area contributed by atoms with E-state index in [1.807, 2.05) is 32.9 Å². The number of nitrogens with zero attached hydrogens (tertiary/aromatic N) is 2. The maximum atomic E-state index is 13.8. The minimum Gasteiger partial charge on any atom is -0.507 e. The minimum atomic E-state index is -0.978. The van der Waals surface area contributed by atoms with Crippen LogP contribution in [-0.2, 0) is 9.59 Å². The van der Waals surface area contributed by atoms with Gasteiger partial charge in [-0.05, 0) is 80.3 Å². The summed E-state index contributed by atoms with van der Waals surface area (Å²) >= 11 is 1.33. The Labute approximate surface area is 259 Å². The van der Waals surface area contributed by atoms with Gasteiger partial charge in [-0.1, -0.05) is 36.8 Å². The van der Waals surface area contributed by atoms with E-state index >= 15 is 0 Å². The van der Waals surface area contributed by atoms with E-state index in [9.17, 15) is 14.7 Å². The van der Waals surface area contributed by atoms with Crippen molar-refractivity contribution in [2.45, 2.75) is 46.6 Å². The lowest BCUT2D eigenvalue weighted by Gasteiger charge is -2.24. The predicted molar refractivity (Wildman–Crippen MR) is 169 cm³/mol. The summed E-state index contributed by atoms with van der Waals surface area (Å²) < 4.78 is 24.2. The molecular weight excluding hydrogens is 580 g/mol. The van der Waals surface area contributed by atoms with Crippen LogP contribution in [0, 0.1) is 13.8 Å². The van der Waals surface area contributed by atoms with Gasteiger partial charge in [-0.3, -0.25) is 14.5 Å². The van der Waals surface area contributed by atoms with E-state index < -0.39 is 17.7 Å². The van der Waals surface area contributed by atoms with Gasteiger partial charge in [0.05, 0.1) is 35.0 Å². The molecule has 4 aromatic rings. The monoisotopic (exact) mass is 614 g/mol. The summed E-state index contributed by atoms with van der Waals surface area (Å²) in [6.45, 7) is 9.65. The second kappa shape index (κ2) is 12.2. The number of aromatic nitrogens is 1. The summed E-state index contributed by atoms with van der Waals surface area (Å²) in [7, 11) is 0. The second-order valence-electron chi connectivity index (χ2n) is 10.8. The number of Topliss-reactive ketones (excluding diaryl/α,β-unsaturated/α-hetero) is 1. The maximum Gasteiger partial charge on any atom is 0.301 e. The minimum absolute atomic E-state index is 0.0547. The number of ether oxygens (including phenoxy) is 4. The number of rotatable bonds is 9. The largest absolute Gasteiger partial charge is 0.507 e. The van der Waals surface area contributed by atoms with E-state index in [0.29, 0.717) is 65.7 Å². The molecule has 10 heteroatoms. The molecule has 2 aliphatic rings. The van der Waals surface area contributed by atoms with Gasteiger partial charge in [-0.25, -0.2) is 4.98 Å². The molecular formula is C34H34N2O7S. The highest BCUT2D eigenvalue weighted by Crippen LogP contribution is 2.47. The third-order valence-electron chi connectivity index (χ3n) is 7.62. The number of unbranched alkanes of at least 4 members (excludes halogenated alkanes) is 1. The van der Waals surface area contributed by atoms with Crippen molar-refractivity contribution in [2.24, 2.45) is 0 Å². The molecule has 1 N–H and O–H groups in total. The fourth-order valence-electron chi connectivity index (χ4n) is 5.56. The van der Waals surface area contributed by atoms with Crippen LogP contribution in [0.2, 0.25) is 0 Å². The van der Waals surface area contributed by atoms with Gasteiger partial charge in [-0.15, -0.1) is 0 Å². The van der Waals surface area contributed by atoms with Crippen molar-refractivity contribution in [3.8, 4) is 23.0 Å². The van der Waals surface area contributed by atoms with Gasteiger partial charge in [-0.2, -0.15) is 0 Å². The van der Waals surface area contributed by atoms with Crippen molar-refractivity contribution in [2.75, 3.05) is 31.3 Å². The molecule has 0 saturated carbocycles. The molecule has 1 amide bonds. The molecule has 0 spiro atoms. The van der Waals surface area contributed by atoms with Gasteiger partial charge in [0.1, 0.15) is 19.0 Å². The van der Waals surface area contributed by atoms with E-state index in [1.165, 1.54) is 16.2 Å². The Hall–Kier alpha value is -4.57. The van der Waals surface area contributed by atoms with E-state index in [1.54, 1.807) is 36.4 Å². The van der Waals surface area contributed by atoms with Gasteiger partial charge in [0.15, 0.2) is 28.1 Å². The van der Waals surface area contributed by atoms with Gasteiger partial charge in [0.2, 0.25) is 0 Å². The molecule has 44 heavy (non-hydrogen) atoms. The molecule has 0 radical (unpaired) electrons. The van der Waals surface area contributed by atoms with Crippen molar-refractivity contribution < 1.29 is 33.6 Å². The number of carbonyl (C=O) groups excluding carboxylic acids is 2. The highest BCUT2D eigenvalue weighted by Gasteiger charge is 2.48. The Kier molecular flexibility index (Phi) is 8.18. The molecule has 3 aromatic carbocycles. The zero-order valence-corrected chi connectivity index (χ0v) is 26.0. The van der Waals surface area contributed by atoms with Crippen molar-refractivity contribution >= 4 is 44.1 Å². The second-order valence-corrected chi connectivity index (χ2v) is 11.8. The Morgan fingerprint density at radius 1 is 1.00 bits per heavy atom. The van der Waals surface area contributed by atoms with Crippen LogP contribution in [0.3, 0.4) is 0 Å². The van der Waals surface area contributed by atoms with Gasteiger partial charge >= 0.3 is 5.91 Å². The Bertz CT molecular complexity index is 1790.